The van der Waals surface area contributed by atoms with Gasteiger partial charge >= 0.3 is 5.97 Å². The van der Waals surface area contributed by atoms with E-state index in [1.54, 1.807) is 0 Å². The quantitative estimate of drug-likeness (QED) is 0.260. The molecule has 0 spiro atoms. The van der Waals surface area contributed by atoms with E-state index in [1.807, 2.05) is 29.2 Å². The molecular weight excluding hydrogens is 416 g/mol. The van der Waals surface area contributed by atoms with E-state index < -0.39 is 0 Å². The lowest BCUT2D eigenvalue weighted by Gasteiger charge is -2.16. The Hall–Kier alpha value is -2.86. The number of hydrogen-bond acceptors (Lipinski definition) is 5. The second-order valence-electron chi connectivity index (χ2n) is 8.46. The van der Waals surface area contributed by atoms with Crippen molar-refractivity contribution in [1.82, 2.24) is 10.2 Å². The van der Waals surface area contributed by atoms with Crippen molar-refractivity contribution in [1.29, 1.82) is 0 Å². The highest BCUT2D eigenvalue weighted by Gasteiger charge is 2.18. The predicted molar refractivity (Wildman–Crippen MR) is 131 cm³/mol. The second-order valence-corrected chi connectivity index (χ2v) is 8.46. The number of amides is 1. The third-order valence-corrected chi connectivity index (χ3v) is 5.96. The molecule has 1 saturated heterocycles. The van der Waals surface area contributed by atoms with Gasteiger partial charge in [0.15, 0.2) is 0 Å². The van der Waals surface area contributed by atoms with E-state index in [1.165, 1.54) is 12.7 Å². The SMILES string of the molecule is COC(=O)CCCCC=C(CNCCCN1CCCC1=O)COc1cccc2ccccc12. The number of esters is 1. The van der Waals surface area contributed by atoms with E-state index >= 15 is 0 Å². The van der Waals surface area contributed by atoms with Crippen LogP contribution in [0.2, 0.25) is 0 Å². The van der Waals surface area contributed by atoms with Crippen molar-refractivity contribution in [2.24, 2.45) is 0 Å². The van der Waals surface area contributed by atoms with E-state index in [4.69, 9.17) is 9.47 Å². The van der Waals surface area contributed by atoms with Gasteiger partial charge in [-0.2, -0.15) is 0 Å². The van der Waals surface area contributed by atoms with Crippen LogP contribution in [0.5, 0.6) is 5.75 Å². The molecule has 1 aliphatic heterocycles. The van der Waals surface area contributed by atoms with Gasteiger partial charge in [-0.15, -0.1) is 0 Å². The van der Waals surface area contributed by atoms with Crippen LogP contribution in [0.1, 0.15) is 44.9 Å². The van der Waals surface area contributed by atoms with Crippen LogP contribution < -0.4 is 10.1 Å². The molecule has 6 nitrogen and oxygen atoms in total. The zero-order valence-electron chi connectivity index (χ0n) is 19.7. The summed E-state index contributed by atoms with van der Waals surface area (Å²) >= 11 is 0. The lowest BCUT2D eigenvalue weighted by molar-refractivity contribution is -0.140. The zero-order valence-corrected chi connectivity index (χ0v) is 19.7. The highest BCUT2D eigenvalue weighted by molar-refractivity contribution is 5.88. The van der Waals surface area contributed by atoms with Gasteiger partial charge in [0.25, 0.3) is 0 Å². The lowest BCUT2D eigenvalue weighted by atomic mass is 10.1. The highest BCUT2D eigenvalue weighted by atomic mass is 16.5. The van der Waals surface area contributed by atoms with Crippen molar-refractivity contribution >= 4 is 22.6 Å². The number of nitrogens with zero attached hydrogens (tertiary/aromatic N) is 1. The van der Waals surface area contributed by atoms with Crippen LogP contribution in [0.15, 0.2) is 54.1 Å². The number of likely N-dealkylation sites (tertiary alicyclic amines) is 1. The number of rotatable bonds is 14. The van der Waals surface area contributed by atoms with Crippen LogP contribution in [0.3, 0.4) is 0 Å². The normalized spacial score (nSPS) is 14.2. The molecule has 2 aromatic rings. The van der Waals surface area contributed by atoms with Crippen molar-refractivity contribution in [3.63, 3.8) is 0 Å². The smallest absolute Gasteiger partial charge is 0.305 e. The Bertz CT molecular complexity index is 935. The number of benzene rings is 2. The van der Waals surface area contributed by atoms with Crippen molar-refractivity contribution in [3.05, 3.63) is 54.1 Å². The largest absolute Gasteiger partial charge is 0.489 e. The molecule has 0 bridgehead atoms. The van der Waals surface area contributed by atoms with Crippen LogP contribution in [0.4, 0.5) is 0 Å². The zero-order chi connectivity index (χ0) is 23.3. The molecule has 3 rings (SSSR count). The molecule has 2 aromatic carbocycles. The maximum absolute atomic E-state index is 11.7. The Balaban J connectivity index is 1.49. The average Bonchev–Trinajstić information content (AvgIpc) is 3.25. The molecule has 178 valence electrons. The number of nitrogens with one attached hydrogen (secondary N) is 1. The summed E-state index contributed by atoms with van der Waals surface area (Å²) in [4.78, 5) is 25.0. The van der Waals surface area contributed by atoms with Crippen LogP contribution >= 0.6 is 0 Å². The summed E-state index contributed by atoms with van der Waals surface area (Å²) in [5.41, 5.74) is 1.19. The number of carbonyl (C=O) groups excluding carboxylic acids is 2. The van der Waals surface area contributed by atoms with E-state index in [9.17, 15) is 9.59 Å². The fraction of sp³-hybridized carbons (Fsp3) is 0.481. The maximum Gasteiger partial charge on any atom is 0.305 e. The molecule has 0 atom stereocenters. The average molecular weight is 453 g/mol. The standard InChI is InChI=1S/C27H36N2O4/c1-32-27(31)16-4-2-3-10-22(20-28-17-9-19-29-18-8-15-26(29)30)21-33-25-14-7-12-23-11-5-6-13-24(23)25/h5-7,10-14,28H,2-4,8-9,15-21H2,1H3. The minimum absolute atomic E-state index is 0.156. The van der Waals surface area contributed by atoms with Gasteiger partial charge in [-0.1, -0.05) is 42.5 Å². The molecule has 6 heteroatoms. The molecule has 0 aromatic heterocycles. The Morgan fingerprint density at radius 2 is 1.97 bits per heavy atom. The van der Waals surface area contributed by atoms with Gasteiger partial charge in [0.1, 0.15) is 12.4 Å². The molecule has 33 heavy (non-hydrogen) atoms. The summed E-state index contributed by atoms with van der Waals surface area (Å²) in [6.45, 7) is 3.84. The second kappa shape index (κ2) is 13.6. The summed E-state index contributed by atoms with van der Waals surface area (Å²) < 4.78 is 10.9. The summed E-state index contributed by atoms with van der Waals surface area (Å²) in [7, 11) is 1.43. The van der Waals surface area contributed by atoms with Crippen LogP contribution in [-0.2, 0) is 14.3 Å². The molecule has 1 amide bonds. The van der Waals surface area contributed by atoms with E-state index in [-0.39, 0.29) is 11.9 Å². The molecule has 0 aliphatic carbocycles. The van der Waals surface area contributed by atoms with Gasteiger partial charge < -0.3 is 19.7 Å². The van der Waals surface area contributed by atoms with E-state index in [0.29, 0.717) is 19.4 Å². The van der Waals surface area contributed by atoms with Crippen LogP contribution in [0, 0.1) is 0 Å². The highest BCUT2D eigenvalue weighted by Crippen LogP contribution is 2.25. The monoisotopic (exact) mass is 452 g/mol. The number of hydrogen-bond donors (Lipinski definition) is 1. The Labute approximate surface area is 196 Å². The predicted octanol–water partition coefficient (Wildman–Crippen LogP) is 4.48. The van der Waals surface area contributed by atoms with E-state index in [2.05, 4.69) is 29.6 Å². The molecular formula is C27H36N2O4. The van der Waals surface area contributed by atoms with Gasteiger partial charge in [-0.05, 0) is 55.7 Å². The van der Waals surface area contributed by atoms with E-state index in [0.717, 1.165) is 74.8 Å². The van der Waals surface area contributed by atoms with Crippen molar-refractivity contribution in [2.75, 3.05) is 39.9 Å². The van der Waals surface area contributed by atoms with Gasteiger partial charge in [0.2, 0.25) is 5.91 Å². The molecule has 0 saturated carbocycles. The summed E-state index contributed by atoms with van der Waals surface area (Å²) in [6.07, 6.45) is 7.96. The minimum atomic E-state index is -0.156. The Morgan fingerprint density at radius 1 is 1.12 bits per heavy atom. The maximum atomic E-state index is 11.7. The molecule has 0 radical (unpaired) electrons. The third-order valence-electron chi connectivity index (χ3n) is 5.96. The summed E-state index contributed by atoms with van der Waals surface area (Å²) in [6, 6.07) is 14.4. The topological polar surface area (TPSA) is 67.9 Å². The van der Waals surface area contributed by atoms with Crippen LogP contribution in [-0.4, -0.2) is 56.7 Å². The van der Waals surface area contributed by atoms with Gasteiger partial charge in [0.05, 0.1) is 7.11 Å². The molecule has 1 heterocycles. The Kier molecular flexibility index (Phi) is 10.2. The first-order chi connectivity index (χ1) is 16.2. The number of allylic oxidation sites excluding steroid dienone is 1. The van der Waals surface area contributed by atoms with Gasteiger partial charge in [-0.25, -0.2) is 0 Å². The van der Waals surface area contributed by atoms with Crippen LogP contribution in [0.25, 0.3) is 10.8 Å². The van der Waals surface area contributed by atoms with Gasteiger partial charge in [0, 0.05) is 37.9 Å². The summed E-state index contributed by atoms with van der Waals surface area (Å²) in [5, 5.41) is 5.78. The lowest BCUT2D eigenvalue weighted by Crippen LogP contribution is -2.29. The Morgan fingerprint density at radius 3 is 2.79 bits per heavy atom. The number of ether oxygens (including phenoxy) is 2. The number of methoxy groups -OCH3 is 1. The third kappa shape index (κ3) is 8.21. The molecule has 1 fully saturated rings. The first kappa shape index (κ1) is 24.8. The van der Waals surface area contributed by atoms with Crippen molar-refractivity contribution < 1.29 is 19.1 Å². The molecule has 1 aliphatic rings. The van der Waals surface area contributed by atoms with Crippen molar-refractivity contribution in [3.8, 4) is 5.75 Å². The number of carbonyl (C=O) groups is 2. The molecule has 0 unspecified atom stereocenters. The van der Waals surface area contributed by atoms with Gasteiger partial charge in [-0.3, -0.25) is 9.59 Å². The minimum Gasteiger partial charge on any atom is -0.489 e. The number of unbranched alkanes of at least 4 members (excludes halogenated alkanes) is 2. The fourth-order valence-corrected chi connectivity index (χ4v) is 4.08. The van der Waals surface area contributed by atoms with Crippen molar-refractivity contribution in [2.45, 2.75) is 44.9 Å². The molecule has 1 N–H and O–H groups in total. The first-order valence-electron chi connectivity index (χ1n) is 12.0. The first-order valence-corrected chi connectivity index (χ1v) is 12.0. The fourth-order valence-electron chi connectivity index (χ4n) is 4.08. The number of fused-ring (bicyclic) bond motifs is 1. The summed E-state index contributed by atoms with van der Waals surface area (Å²) in [5.74, 6) is 1.01.